The van der Waals surface area contributed by atoms with Crippen LogP contribution in [-0.4, -0.2) is 10.1 Å². The van der Waals surface area contributed by atoms with Crippen molar-refractivity contribution in [3.05, 3.63) is 64.7 Å². The minimum Gasteiger partial charge on any atom is -0.382 e. The first-order valence-electron chi connectivity index (χ1n) is 5.45. The minimum atomic E-state index is -1.02. The highest BCUT2D eigenvalue weighted by Crippen LogP contribution is 2.25. The van der Waals surface area contributed by atoms with Gasteiger partial charge < -0.3 is 5.11 Å². The molecule has 0 fully saturated rings. The van der Waals surface area contributed by atoms with Crippen molar-refractivity contribution in [2.24, 2.45) is 0 Å². The van der Waals surface area contributed by atoms with E-state index in [1.54, 1.807) is 24.4 Å². The number of nitrogens with zero attached hydrogens (tertiary/aromatic N) is 1. The number of hydrogen-bond donors (Lipinski definition) is 1. The van der Waals surface area contributed by atoms with E-state index in [9.17, 15) is 9.50 Å². The average Bonchev–Trinajstić information content (AvgIpc) is 2.29. The Bertz CT molecular complexity index is 539. The van der Waals surface area contributed by atoms with Crippen LogP contribution in [0.5, 0.6) is 0 Å². The van der Waals surface area contributed by atoms with Crippen LogP contribution in [0.15, 0.2) is 36.5 Å². The maximum atomic E-state index is 13.5. The normalized spacial score (nSPS) is 12.5. The molecule has 2 rings (SSSR count). The SMILES string of the molecule is Cc1cnc(C(O)c2ccccc2F)c(C)c1. The molecule has 1 heterocycles. The summed E-state index contributed by atoms with van der Waals surface area (Å²) in [5, 5.41) is 10.1. The second-order valence-electron chi connectivity index (χ2n) is 4.14. The number of halogens is 1. The fraction of sp³-hybridized carbons (Fsp3) is 0.214. The molecule has 2 nitrogen and oxygen atoms in total. The summed E-state index contributed by atoms with van der Waals surface area (Å²) in [6.45, 7) is 3.79. The van der Waals surface area contributed by atoms with Crippen LogP contribution in [0.3, 0.4) is 0 Å². The maximum Gasteiger partial charge on any atom is 0.129 e. The molecular formula is C14H14FNO. The monoisotopic (exact) mass is 231 g/mol. The van der Waals surface area contributed by atoms with Gasteiger partial charge in [0.25, 0.3) is 0 Å². The molecule has 1 aromatic heterocycles. The van der Waals surface area contributed by atoms with Gasteiger partial charge in [-0.05, 0) is 31.0 Å². The smallest absolute Gasteiger partial charge is 0.129 e. The van der Waals surface area contributed by atoms with Crippen molar-refractivity contribution in [2.45, 2.75) is 20.0 Å². The summed E-state index contributed by atoms with van der Waals surface area (Å²) in [5.74, 6) is -0.415. The lowest BCUT2D eigenvalue weighted by Crippen LogP contribution is -2.07. The predicted octanol–water partition coefficient (Wildman–Crippen LogP) is 2.92. The molecule has 0 aliphatic heterocycles. The van der Waals surface area contributed by atoms with E-state index in [4.69, 9.17) is 0 Å². The van der Waals surface area contributed by atoms with Crippen LogP contribution in [0, 0.1) is 19.7 Å². The van der Waals surface area contributed by atoms with E-state index in [0.717, 1.165) is 11.1 Å². The zero-order chi connectivity index (χ0) is 12.4. The van der Waals surface area contributed by atoms with Crippen LogP contribution in [0.2, 0.25) is 0 Å². The van der Waals surface area contributed by atoms with Gasteiger partial charge in [0.2, 0.25) is 0 Å². The number of pyridine rings is 1. The van der Waals surface area contributed by atoms with E-state index < -0.39 is 11.9 Å². The number of aliphatic hydroxyl groups excluding tert-OH is 1. The van der Waals surface area contributed by atoms with E-state index in [0.29, 0.717) is 5.69 Å². The zero-order valence-corrected chi connectivity index (χ0v) is 9.81. The van der Waals surface area contributed by atoms with Crippen LogP contribution in [0.4, 0.5) is 4.39 Å². The molecule has 17 heavy (non-hydrogen) atoms. The Morgan fingerprint density at radius 2 is 1.94 bits per heavy atom. The van der Waals surface area contributed by atoms with Gasteiger partial charge in [-0.3, -0.25) is 4.98 Å². The summed E-state index contributed by atoms with van der Waals surface area (Å²) in [4.78, 5) is 4.18. The second kappa shape index (κ2) is 4.63. The lowest BCUT2D eigenvalue weighted by atomic mass is 10.0. The molecule has 2 aromatic rings. The van der Waals surface area contributed by atoms with Gasteiger partial charge in [0.1, 0.15) is 11.9 Å². The topological polar surface area (TPSA) is 33.1 Å². The van der Waals surface area contributed by atoms with Crippen LogP contribution < -0.4 is 0 Å². The molecule has 3 heteroatoms. The van der Waals surface area contributed by atoms with E-state index in [1.165, 1.54) is 6.07 Å². The lowest BCUT2D eigenvalue weighted by Gasteiger charge is -2.14. The van der Waals surface area contributed by atoms with Crippen LogP contribution in [-0.2, 0) is 0 Å². The Morgan fingerprint density at radius 3 is 2.59 bits per heavy atom. The first-order valence-corrected chi connectivity index (χ1v) is 5.45. The standard InChI is InChI=1S/C14H14FNO/c1-9-7-10(2)13(16-8-9)14(17)11-5-3-4-6-12(11)15/h3-8,14,17H,1-2H3. The third-order valence-electron chi connectivity index (χ3n) is 2.71. The molecular weight excluding hydrogens is 217 g/mol. The number of hydrogen-bond acceptors (Lipinski definition) is 2. The van der Waals surface area contributed by atoms with Gasteiger partial charge >= 0.3 is 0 Å². The van der Waals surface area contributed by atoms with E-state index in [1.807, 2.05) is 19.9 Å². The Balaban J connectivity index is 2.44. The molecule has 1 aromatic carbocycles. The van der Waals surface area contributed by atoms with Gasteiger partial charge in [0.15, 0.2) is 0 Å². The van der Waals surface area contributed by atoms with Crippen molar-refractivity contribution >= 4 is 0 Å². The molecule has 0 aliphatic rings. The maximum absolute atomic E-state index is 13.5. The molecule has 1 N–H and O–H groups in total. The second-order valence-corrected chi connectivity index (χ2v) is 4.14. The van der Waals surface area contributed by atoms with Gasteiger partial charge in [0.05, 0.1) is 5.69 Å². The quantitative estimate of drug-likeness (QED) is 0.862. The molecule has 0 amide bonds. The molecule has 0 bridgehead atoms. The third kappa shape index (κ3) is 2.34. The highest BCUT2D eigenvalue weighted by Gasteiger charge is 2.17. The number of aromatic nitrogens is 1. The number of aryl methyl sites for hydroxylation is 2. The summed E-state index contributed by atoms with van der Waals surface area (Å²) in [6.07, 6.45) is 0.656. The number of benzene rings is 1. The lowest BCUT2D eigenvalue weighted by molar-refractivity contribution is 0.209. The molecule has 1 unspecified atom stereocenters. The Hall–Kier alpha value is -1.74. The molecule has 1 atom stereocenters. The number of aliphatic hydroxyl groups is 1. The zero-order valence-electron chi connectivity index (χ0n) is 9.81. The van der Waals surface area contributed by atoms with E-state index in [-0.39, 0.29) is 5.56 Å². The highest BCUT2D eigenvalue weighted by molar-refractivity contribution is 5.32. The Morgan fingerprint density at radius 1 is 1.24 bits per heavy atom. The predicted molar refractivity (Wildman–Crippen MR) is 64.2 cm³/mol. The van der Waals surface area contributed by atoms with Crippen molar-refractivity contribution < 1.29 is 9.50 Å². The molecule has 0 aliphatic carbocycles. The van der Waals surface area contributed by atoms with Crippen molar-refractivity contribution in [3.8, 4) is 0 Å². The Labute approximate surface area is 99.8 Å². The van der Waals surface area contributed by atoms with E-state index >= 15 is 0 Å². The molecule has 0 radical (unpaired) electrons. The largest absolute Gasteiger partial charge is 0.382 e. The van der Waals surface area contributed by atoms with Crippen molar-refractivity contribution in [1.29, 1.82) is 0 Å². The van der Waals surface area contributed by atoms with Gasteiger partial charge in [-0.25, -0.2) is 4.39 Å². The molecule has 0 saturated carbocycles. The summed E-state index contributed by atoms with van der Waals surface area (Å²) >= 11 is 0. The van der Waals surface area contributed by atoms with Crippen LogP contribution in [0.1, 0.15) is 28.5 Å². The van der Waals surface area contributed by atoms with E-state index in [2.05, 4.69) is 4.98 Å². The molecule has 88 valence electrons. The van der Waals surface area contributed by atoms with Gasteiger partial charge in [-0.15, -0.1) is 0 Å². The highest BCUT2D eigenvalue weighted by atomic mass is 19.1. The van der Waals surface area contributed by atoms with Crippen molar-refractivity contribution in [3.63, 3.8) is 0 Å². The molecule has 0 spiro atoms. The first kappa shape index (κ1) is 11.7. The van der Waals surface area contributed by atoms with Gasteiger partial charge in [0, 0.05) is 11.8 Å². The third-order valence-corrected chi connectivity index (χ3v) is 2.71. The summed E-state index contributed by atoms with van der Waals surface area (Å²) in [7, 11) is 0. The average molecular weight is 231 g/mol. The fourth-order valence-corrected chi connectivity index (χ4v) is 1.86. The summed E-state index contributed by atoms with van der Waals surface area (Å²) in [5.41, 5.74) is 2.64. The summed E-state index contributed by atoms with van der Waals surface area (Å²) in [6, 6.07) is 8.13. The van der Waals surface area contributed by atoms with Gasteiger partial charge in [-0.2, -0.15) is 0 Å². The number of rotatable bonds is 2. The van der Waals surface area contributed by atoms with Crippen molar-refractivity contribution in [1.82, 2.24) is 4.98 Å². The van der Waals surface area contributed by atoms with Crippen LogP contribution in [0.25, 0.3) is 0 Å². The van der Waals surface area contributed by atoms with Crippen molar-refractivity contribution in [2.75, 3.05) is 0 Å². The fourth-order valence-electron chi connectivity index (χ4n) is 1.86. The Kier molecular flexibility index (Phi) is 3.20. The summed E-state index contributed by atoms with van der Waals surface area (Å²) < 4.78 is 13.5. The minimum absolute atomic E-state index is 0.256. The van der Waals surface area contributed by atoms with Gasteiger partial charge in [-0.1, -0.05) is 24.3 Å². The van der Waals surface area contributed by atoms with Crippen LogP contribution >= 0.6 is 0 Å². The first-order chi connectivity index (χ1) is 8.09. The molecule has 0 saturated heterocycles.